The van der Waals surface area contributed by atoms with Crippen LogP contribution in [0, 0.1) is 11.3 Å². The number of hydrogen-bond acceptors (Lipinski definition) is 5. The van der Waals surface area contributed by atoms with Crippen LogP contribution in [-0.2, 0) is 11.2 Å². The molecule has 0 aliphatic rings. The van der Waals surface area contributed by atoms with Crippen LogP contribution in [0.2, 0.25) is 0 Å². The summed E-state index contributed by atoms with van der Waals surface area (Å²) < 4.78 is 10.6. The molecule has 0 fully saturated rings. The monoisotopic (exact) mass is 353 g/mol. The van der Waals surface area contributed by atoms with Crippen molar-refractivity contribution in [2.45, 2.75) is 13.3 Å². The Morgan fingerprint density at radius 2 is 1.58 bits per heavy atom. The van der Waals surface area contributed by atoms with Crippen molar-refractivity contribution in [1.29, 1.82) is 5.26 Å². The van der Waals surface area contributed by atoms with Crippen molar-refractivity contribution in [3.05, 3.63) is 59.7 Å². The quantitative estimate of drug-likeness (QED) is 0.742. The van der Waals surface area contributed by atoms with Crippen LogP contribution in [0.25, 0.3) is 0 Å². The lowest BCUT2D eigenvalue weighted by atomic mass is 10.2. The Morgan fingerprint density at radius 1 is 0.962 bits per heavy atom. The zero-order chi connectivity index (χ0) is 18.8. The molecule has 7 nitrogen and oxygen atoms in total. The van der Waals surface area contributed by atoms with E-state index in [0.717, 1.165) is 5.56 Å². The molecular weight excluding hydrogens is 334 g/mol. The maximum Gasteiger partial charge on any atom is 0.276 e. The van der Waals surface area contributed by atoms with Gasteiger partial charge in [0, 0.05) is 5.56 Å². The highest BCUT2D eigenvalue weighted by atomic mass is 16.5. The second-order valence-electron chi connectivity index (χ2n) is 5.23. The van der Waals surface area contributed by atoms with Gasteiger partial charge in [0.15, 0.2) is 6.61 Å². The largest absolute Gasteiger partial charge is 0.494 e. The smallest absolute Gasteiger partial charge is 0.276 e. The van der Waals surface area contributed by atoms with Crippen molar-refractivity contribution in [2.75, 3.05) is 13.2 Å². The van der Waals surface area contributed by atoms with Crippen LogP contribution in [0.4, 0.5) is 0 Å². The third kappa shape index (κ3) is 5.83. The maximum absolute atomic E-state index is 12.0. The number of amides is 2. The first-order chi connectivity index (χ1) is 12.6. The molecule has 0 bridgehead atoms. The lowest BCUT2D eigenvalue weighted by Crippen LogP contribution is -2.43. The highest BCUT2D eigenvalue weighted by Gasteiger charge is 2.08. The van der Waals surface area contributed by atoms with Crippen LogP contribution in [0.5, 0.6) is 11.5 Å². The van der Waals surface area contributed by atoms with E-state index < -0.39 is 11.8 Å². The number of hydrazine groups is 1. The number of carbonyl (C=O) groups is 2. The van der Waals surface area contributed by atoms with Gasteiger partial charge in [-0.3, -0.25) is 20.4 Å². The summed E-state index contributed by atoms with van der Waals surface area (Å²) in [5, 5.41) is 8.61. The van der Waals surface area contributed by atoms with Gasteiger partial charge in [0.1, 0.15) is 11.5 Å². The van der Waals surface area contributed by atoms with E-state index >= 15 is 0 Å². The standard InChI is InChI=1S/C19H19N3O4/c1-2-25-16-9-5-15(6-10-16)19(24)22-21-18(23)13-26-17-7-3-14(4-8-17)11-12-20/h3-10H,2,11,13H2,1H3,(H,21,23)(H,22,24). The Kier molecular flexibility index (Phi) is 7.01. The number of nitrogens with zero attached hydrogens (tertiary/aromatic N) is 1. The van der Waals surface area contributed by atoms with E-state index in [1.807, 2.05) is 6.92 Å². The first-order valence-corrected chi connectivity index (χ1v) is 8.03. The van der Waals surface area contributed by atoms with Gasteiger partial charge in [-0.05, 0) is 48.9 Å². The molecule has 0 aromatic heterocycles. The van der Waals surface area contributed by atoms with Gasteiger partial charge in [0.2, 0.25) is 0 Å². The number of carbonyl (C=O) groups excluding carboxylic acids is 2. The van der Waals surface area contributed by atoms with Gasteiger partial charge in [-0.1, -0.05) is 12.1 Å². The molecule has 2 aromatic rings. The first kappa shape index (κ1) is 18.8. The van der Waals surface area contributed by atoms with Gasteiger partial charge in [-0.25, -0.2) is 0 Å². The molecule has 0 saturated heterocycles. The van der Waals surface area contributed by atoms with Gasteiger partial charge in [0.25, 0.3) is 11.8 Å². The van der Waals surface area contributed by atoms with E-state index in [1.54, 1.807) is 48.5 Å². The molecule has 0 heterocycles. The summed E-state index contributed by atoms with van der Waals surface area (Å²) in [5.74, 6) is 0.231. The van der Waals surface area contributed by atoms with Crippen LogP contribution in [-0.4, -0.2) is 25.0 Å². The fourth-order valence-corrected chi connectivity index (χ4v) is 2.05. The predicted octanol–water partition coefficient (Wildman–Crippen LogP) is 1.99. The van der Waals surface area contributed by atoms with E-state index in [1.165, 1.54) is 0 Å². The van der Waals surface area contributed by atoms with Crippen molar-refractivity contribution < 1.29 is 19.1 Å². The van der Waals surface area contributed by atoms with Gasteiger partial charge < -0.3 is 9.47 Å². The fraction of sp³-hybridized carbons (Fsp3) is 0.211. The molecule has 26 heavy (non-hydrogen) atoms. The number of nitrogens with one attached hydrogen (secondary N) is 2. The molecule has 0 aliphatic heterocycles. The Balaban J connectivity index is 1.75. The van der Waals surface area contributed by atoms with Crippen LogP contribution in [0.3, 0.4) is 0 Å². The SMILES string of the molecule is CCOc1ccc(C(=O)NNC(=O)COc2ccc(CC#N)cc2)cc1. The number of ether oxygens (including phenoxy) is 2. The van der Waals surface area contributed by atoms with Gasteiger partial charge in [0.05, 0.1) is 19.1 Å². The molecule has 2 aromatic carbocycles. The van der Waals surface area contributed by atoms with Crippen LogP contribution in [0.15, 0.2) is 48.5 Å². The summed E-state index contributed by atoms with van der Waals surface area (Å²) in [7, 11) is 0. The molecule has 0 atom stereocenters. The average molecular weight is 353 g/mol. The van der Waals surface area contributed by atoms with Crippen molar-refractivity contribution >= 4 is 11.8 Å². The molecule has 7 heteroatoms. The van der Waals surface area contributed by atoms with Crippen LogP contribution < -0.4 is 20.3 Å². The molecule has 0 spiro atoms. The van der Waals surface area contributed by atoms with E-state index in [4.69, 9.17) is 14.7 Å². The molecule has 0 radical (unpaired) electrons. The summed E-state index contributed by atoms with van der Waals surface area (Å²) in [6.45, 7) is 2.17. The summed E-state index contributed by atoms with van der Waals surface area (Å²) in [4.78, 5) is 23.7. The molecule has 2 N–H and O–H groups in total. The van der Waals surface area contributed by atoms with Gasteiger partial charge in [-0.15, -0.1) is 0 Å². The zero-order valence-electron chi connectivity index (χ0n) is 14.3. The van der Waals surface area contributed by atoms with E-state index in [9.17, 15) is 9.59 Å². The average Bonchev–Trinajstić information content (AvgIpc) is 2.66. The number of rotatable bonds is 7. The molecular formula is C19H19N3O4. The van der Waals surface area contributed by atoms with E-state index in [2.05, 4.69) is 16.9 Å². The summed E-state index contributed by atoms with van der Waals surface area (Å²) in [6, 6.07) is 15.5. The van der Waals surface area contributed by atoms with Gasteiger partial charge >= 0.3 is 0 Å². The highest BCUT2D eigenvalue weighted by molar-refractivity contribution is 5.95. The molecule has 2 rings (SSSR count). The second kappa shape index (κ2) is 9.69. The van der Waals surface area contributed by atoms with Crippen molar-refractivity contribution in [1.82, 2.24) is 10.9 Å². The summed E-state index contributed by atoms with van der Waals surface area (Å²) in [5.41, 5.74) is 5.86. The minimum atomic E-state index is -0.495. The molecule has 0 saturated carbocycles. The van der Waals surface area contributed by atoms with Crippen molar-refractivity contribution in [3.63, 3.8) is 0 Å². The van der Waals surface area contributed by atoms with Crippen molar-refractivity contribution in [2.24, 2.45) is 0 Å². The van der Waals surface area contributed by atoms with Crippen LogP contribution in [0.1, 0.15) is 22.8 Å². The second-order valence-corrected chi connectivity index (χ2v) is 5.23. The third-order valence-corrected chi connectivity index (χ3v) is 3.32. The minimum absolute atomic E-state index is 0.249. The zero-order valence-corrected chi connectivity index (χ0v) is 14.3. The Hall–Kier alpha value is -3.53. The normalized spacial score (nSPS) is 9.69. The van der Waals surface area contributed by atoms with Crippen LogP contribution >= 0.6 is 0 Å². The Bertz CT molecular complexity index is 780. The Labute approximate surface area is 151 Å². The third-order valence-electron chi connectivity index (χ3n) is 3.32. The predicted molar refractivity (Wildman–Crippen MR) is 94.5 cm³/mol. The van der Waals surface area contributed by atoms with E-state index in [0.29, 0.717) is 30.1 Å². The fourth-order valence-electron chi connectivity index (χ4n) is 2.05. The lowest BCUT2D eigenvalue weighted by Gasteiger charge is -2.09. The molecule has 134 valence electrons. The number of benzene rings is 2. The molecule has 2 amide bonds. The maximum atomic E-state index is 12.0. The topological polar surface area (TPSA) is 100 Å². The van der Waals surface area contributed by atoms with Crippen molar-refractivity contribution in [3.8, 4) is 17.6 Å². The minimum Gasteiger partial charge on any atom is -0.494 e. The number of hydrogen-bond donors (Lipinski definition) is 2. The first-order valence-electron chi connectivity index (χ1n) is 8.03. The summed E-state index contributed by atoms with van der Waals surface area (Å²) >= 11 is 0. The summed E-state index contributed by atoms with van der Waals surface area (Å²) in [6.07, 6.45) is 0.318. The van der Waals surface area contributed by atoms with Gasteiger partial charge in [-0.2, -0.15) is 5.26 Å². The van der Waals surface area contributed by atoms with E-state index in [-0.39, 0.29) is 6.61 Å². The lowest BCUT2D eigenvalue weighted by molar-refractivity contribution is -0.123. The number of nitriles is 1. The highest BCUT2D eigenvalue weighted by Crippen LogP contribution is 2.13. The molecule has 0 aliphatic carbocycles. The Morgan fingerprint density at radius 3 is 2.19 bits per heavy atom. The molecule has 0 unspecified atom stereocenters.